The lowest BCUT2D eigenvalue weighted by atomic mass is 10.1. The average Bonchev–Trinajstić information content (AvgIpc) is 2.39. The van der Waals surface area contributed by atoms with E-state index >= 15 is 0 Å². The van der Waals surface area contributed by atoms with E-state index in [0.717, 1.165) is 11.8 Å². The van der Waals surface area contributed by atoms with E-state index in [2.05, 4.69) is 4.98 Å². The first-order valence-electron chi connectivity index (χ1n) is 5.05. The Morgan fingerprint density at radius 1 is 1.29 bits per heavy atom. The summed E-state index contributed by atoms with van der Waals surface area (Å²) in [6, 6.07) is 8.67. The Balaban J connectivity index is 2.41. The molecule has 2 rings (SSSR count). The van der Waals surface area contributed by atoms with Crippen molar-refractivity contribution in [2.75, 3.05) is 0 Å². The van der Waals surface area contributed by atoms with Gasteiger partial charge in [-0.1, -0.05) is 35.9 Å². The van der Waals surface area contributed by atoms with Gasteiger partial charge in [-0.3, -0.25) is 9.78 Å². The Hall–Kier alpha value is -1.71. The number of aromatic nitrogens is 1. The zero-order valence-electron chi connectivity index (χ0n) is 8.93. The molecule has 3 nitrogen and oxygen atoms in total. The molecule has 0 fully saturated rings. The van der Waals surface area contributed by atoms with Gasteiger partial charge in [0, 0.05) is 17.3 Å². The predicted octanol–water partition coefficient (Wildman–Crippen LogP) is 2.71. The molecule has 0 aliphatic carbocycles. The third kappa shape index (κ3) is 2.52. The van der Waals surface area contributed by atoms with Crippen LogP contribution in [0.1, 0.15) is 15.9 Å². The lowest BCUT2D eigenvalue weighted by Gasteiger charge is -2.05. The molecule has 0 aliphatic heterocycles. The number of aldehydes is 1. The summed E-state index contributed by atoms with van der Waals surface area (Å²) in [4.78, 5) is 14.7. The molecule has 0 atom stereocenters. The second-order valence-electron chi connectivity index (χ2n) is 3.57. The number of carbonyl (C=O) groups is 1. The Morgan fingerprint density at radius 3 is 2.53 bits per heavy atom. The van der Waals surface area contributed by atoms with Crippen LogP contribution in [-0.4, -0.2) is 16.4 Å². The van der Waals surface area contributed by atoms with E-state index in [-0.39, 0.29) is 6.61 Å². The molecule has 86 valence electrons. The first-order valence-corrected chi connectivity index (χ1v) is 5.43. The highest BCUT2D eigenvalue weighted by atomic mass is 35.5. The van der Waals surface area contributed by atoms with Crippen LogP contribution in [-0.2, 0) is 6.61 Å². The monoisotopic (exact) mass is 247 g/mol. The van der Waals surface area contributed by atoms with Crippen LogP contribution in [0, 0.1) is 0 Å². The van der Waals surface area contributed by atoms with Gasteiger partial charge in [0.1, 0.15) is 6.29 Å². The van der Waals surface area contributed by atoms with E-state index in [9.17, 15) is 4.79 Å². The summed E-state index contributed by atoms with van der Waals surface area (Å²) in [5, 5.41) is 9.44. The molecule has 0 unspecified atom stereocenters. The van der Waals surface area contributed by atoms with Gasteiger partial charge < -0.3 is 5.11 Å². The number of pyridine rings is 1. The second-order valence-corrected chi connectivity index (χ2v) is 3.98. The number of rotatable bonds is 3. The van der Waals surface area contributed by atoms with Gasteiger partial charge in [0.2, 0.25) is 0 Å². The highest BCUT2D eigenvalue weighted by Crippen LogP contribution is 2.26. The number of aliphatic hydroxyl groups excluding tert-OH is 1. The Morgan fingerprint density at radius 2 is 2.00 bits per heavy atom. The van der Waals surface area contributed by atoms with Crippen LogP contribution in [0.2, 0.25) is 5.02 Å². The molecular formula is C13H10ClNO2. The first-order chi connectivity index (χ1) is 8.24. The maximum absolute atomic E-state index is 10.5. The Bertz CT molecular complexity index is 538. The molecule has 0 radical (unpaired) electrons. The SMILES string of the molecule is O=Cc1ccc(-c2ncc(CO)cc2Cl)cc1. The van der Waals surface area contributed by atoms with Crippen molar-refractivity contribution in [3.8, 4) is 11.3 Å². The molecule has 0 aliphatic rings. The number of halogens is 1. The molecular weight excluding hydrogens is 238 g/mol. The third-order valence-electron chi connectivity index (χ3n) is 2.40. The number of benzene rings is 1. The van der Waals surface area contributed by atoms with E-state index in [1.165, 1.54) is 0 Å². The number of nitrogens with zero attached hydrogens (tertiary/aromatic N) is 1. The highest BCUT2D eigenvalue weighted by molar-refractivity contribution is 6.33. The smallest absolute Gasteiger partial charge is 0.150 e. The van der Waals surface area contributed by atoms with Crippen molar-refractivity contribution < 1.29 is 9.90 Å². The molecule has 2 aromatic rings. The molecule has 0 spiro atoms. The van der Waals surface area contributed by atoms with Crippen LogP contribution in [0.4, 0.5) is 0 Å². The quantitative estimate of drug-likeness (QED) is 0.849. The molecule has 1 heterocycles. The molecule has 1 N–H and O–H groups in total. The Kier molecular flexibility index (Phi) is 3.52. The van der Waals surface area contributed by atoms with Crippen molar-refractivity contribution >= 4 is 17.9 Å². The van der Waals surface area contributed by atoms with Gasteiger partial charge in [0.15, 0.2) is 0 Å². The molecule has 0 saturated heterocycles. The maximum Gasteiger partial charge on any atom is 0.150 e. The van der Waals surface area contributed by atoms with Crippen molar-refractivity contribution in [3.63, 3.8) is 0 Å². The summed E-state index contributed by atoms with van der Waals surface area (Å²) >= 11 is 6.07. The average molecular weight is 248 g/mol. The first kappa shape index (κ1) is 11.8. The maximum atomic E-state index is 10.5. The number of carbonyl (C=O) groups excluding carboxylic acids is 1. The van der Waals surface area contributed by atoms with Gasteiger partial charge in [-0.2, -0.15) is 0 Å². The molecule has 1 aromatic carbocycles. The van der Waals surface area contributed by atoms with Crippen LogP contribution in [0.5, 0.6) is 0 Å². The van der Waals surface area contributed by atoms with E-state index in [1.54, 1.807) is 36.5 Å². The summed E-state index contributed by atoms with van der Waals surface area (Å²) in [5.74, 6) is 0. The normalized spacial score (nSPS) is 10.2. The standard InChI is InChI=1S/C13H10ClNO2/c14-12-5-10(8-17)6-15-13(12)11-3-1-9(7-16)2-4-11/h1-7,17H,8H2. The van der Waals surface area contributed by atoms with Crippen LogP contribution >= 0.6 is 11.6 Å². The summed E-state index contributed by atoms with van der Waals surface area (Å²) in [6.45, 7) is -0.0862. The lowest BCUT2D eigenvalue weighted by molar-refractivity contribution is 0.112. The van der Waals surface area contributed by atoms with Gasteiger partial charge in [-0.15, -0.1) is 0 Å². The van der Waals surface area contributed by atoms with Crippen LogP contribution in [0.3, 0.4) is 0 Å². The van der Waals surface area contributed by atoms with E-state index in [1.807, 2.05) is 0 Å². The summed E-state index contributed by atoms with van der Waals surface area (Å²) in [6.07, 6.45) is 2.36. The summed E-state index contributed by atoms with van der Waals surface area (Å²) < 4.78 is 0. The minimum Gasteiger partial charge on any atom is -0.392 e. The van der Waals surface area contributed by atoms with E-state index in [0.29, 0.717) is 21.8 Å². The van der Waals surface area contributed by atoms with Gasteiger partial charge >= 0.3 is 0 Å². The molecule has 4 heteroatoms. The minimum absolute atomic E-state index is 0.0862. The number of hydrogen-bond acceptors (Lipinski definition) is 3. The second kappa shape index (κ2) is 5.08. The highest BCUT2D eigenvalue weighted by Gasteiger charge is 2.06. The van der Waals surface area contributed by atoms with Gasteiger partial charge in [-0.25, -0.2) is 0 Å². The van der Waals surface area contributed by atoms with Crippen molar-refractivity contribution in [2.45, 2.75) is 6.61 Å². The number of aliphatic hydroxyl groups is 1. The summed E-state index contributed by atoms with van der Waals surface area (Å²) in [7, 11) is 0. The van der Waals surface area contributed by atoms with Crippen molar-refractivity contribution in [2.24, 2.45) is 0 Å². The molecule has 17 heavy (non-hydrogen) atoms. The predicted molar refractivity (Wildman–Crippen MR) is 66.0 cm³/mol. The van der Waals surface area contributed by atoms with Crippen LogP contribution in [0.15, 0.2) is 36.5 Å². The van der Waals surface area contributed by atoms with Crippen LogP contribution < -0.4 is 0 Å². The van der Waals surface area contributed by atoms with Gasteiger partial charge in [0.25, 0.3) is 0 Å². The van der Waals surface area contributed by atoms with Crippen LogP contribution in [0.25, 0.3) is 11.3 Å². The van der Waals surface area contributed by atoms with Gasteiger partial charge in [-0.05, 0) is 11.6 Å². The Labute approximate surface area is 104 Å². The fraction of sp³-hybridized carbons (Fsp3) is 0.0769. The minimum atomic E-state index is -0.0862. The fourth-order valence-corrected chi connectivity index (χ4v) is 1.79. The largest absolute Gasteiger partial charge is 0.392 e. The molecule has 0 saturated carbocycles. The fourth-order valence-electron chi connectivity index (χ4n) is 1.50. The van der Waals surface area contributed by atoms with Gasteiger partial charge in [0.05, 0.1) is 17.3 Å². The molecule has 0 amide bonds. The topological polar surface area (TPSA) is 50.2 Å². The molecule has 0 bridgehead atoms. The van der Waals surface area contributed by atoms with Crippen molar-refractivity contribution in [3.05, 3.63) is 52.7 Å². The lowest BCUT2D eigenvalue weighted by Crippen LogP contribution is -1.90. The molecule has 1 aromatic heterocycles. The third-order valence-corrected chi connectivity index (χ3v) is 2.69. The zero-order valence-corrected chi connectivity index (χ0v) is 9.69. The van der Waals surface area contributed by atoms with Crippen molar-refractivity contribution in [1.82, 2.24) is 4.98 Å². The number of hydrogen-bond donors (Lipinski definition) is 1. The van der Waals surface area contributed by atoms with Crippen molar-refractivity contribution in [1.29, 1.82) is 0 Å². The van der Waals surface area contributed by atoms with E-state index in [4.69, 9.17) is 16.7 Å². The zero-order chi connectivity index (χ0) is 12.3. The summed E-state index contributed by atoms with van der Waals surface area (Å²) in [5.41, 5.74) is 2.76. The van der Waals surface area contributed by atoms with E-state index < -0.39 is 0 Å².